The standard InChI is InChI=1S/C28H26ClN5O/c29-22-11-12-24-25(17-22)33(23-9-5-2-6-10-23)28(35)18-26-30-31-27(34(24)26)19-32-15-13-21(14-16-32)20-7-3-1-4-8-20/h1-12,17,21H,13-16,18-19H2. The van der Waals surface area contributed by atoms with Gasteiger partial charge in [-0.25, -0.2) is 0 Å². The molecular weight excluding hydrogens is 458 g/mol. The van der Waals surface area contributed by atoms with Crippen LogP contribution in [0.4, 0.5) is 11.4 Å². The zero-order valence-electron chi connectivity index (χ0n) is 19.3. The van der Waals surface area contributed by atoms with Crippen LogP contribution < -0.4 is 4.90 Å². The van der Waals surface area contributed by atoms with Crippen LogP contribution >= 0.6 is 11.6 Å². The minimum atomic E-state index is -0.0545. The topological polar surface area (TPSA) is 54.3 Å². The average molecular weight is 484 g/mol. The van der Waals surface area contributed by atoms with E-state index in [1.807, 2.05) is 48.5 Å². The molecule has 2 aliphatic rings. The Kier molecular flexibility index (Phi) is 5.84. The fourth-order valence-electron chi connectivity index (χ4n) is 5.27. The molecule has 1 saturated heterocycles. The van der Waals surface area contributed by atoms with Crippen molar-refractivity contribution in [2.75, 3.05) is 18.0 Å². The largest absolute Gasteiger partial charge is 0.296 e. The molecule has 0 radical (unpaired) electrons. The molecule has 35 heavy (non-hydrogen) atoms. The van der Waals surface area contributed by atoms with Gasteiger partial charge in [0.2, 0.25) is 5.91 Å². The summed E-state index contributed by atoms with van der Waals surface area (Å²) in [6.07, 6.45) is 2.42. The number of benzene rings is 3. The van der Waals surface area contributed by atoms with Crippen LogP contribution in [0.5, 0.6) is 0 Å². The third kappa shape index (κ3) is 4.24. The Bertz CT molecular complexity index is 1350. The highest BCUT2D eigenvalue weighted by Crippen LogP contribution is 2.37. The van der Waals surface area contributed by atoms with E-state index in [9.17, 15) is 4.79 Å². The fraction of sp³-hybridized carbons (Fsp3) is 0.250. The second-order valence-electron chi connectivity index (χ2n) is 9.20. The van der Waals surface area contributed by atoms with Crippen molar-refractivity contribution in [3.05, 3.63) is 101 Å². The predicted molar refractivity (Wildman–Crippen MR) is 137 cm³/mol. The molecule has 1 amide bonds. The molecule has 0 saturated carbocycles. The predicted octanol–water partition coefficient (Wildman–Crippen LogP) is 5.52. The minimum Gasteiger partial charge on any atom is -0.296 e. The van der Waals surface area contributed by atoms with Gasteiger partial charge >= 0.3 is 0 Å². The maximum absolute atomic E-state index is 13.4. The lowest BCUT2D eigenvalue weighted by atomic mass is 9.89. The van der Waals surface area contributed by atoms with Gasteiger partial charge < -0.3 is 0 Å². The van der Waals surface area contributed by atoms with Crippen molar-refractivity contribution < 1.29 is 4.79 Å². The van der Waals surface area contributed by atoms with Gasteiger partial charge in [0, 0.05) is 10.7 Å². The first kappa shape index (κ1) is 22.0. The van der Waals surface area contributed by atoms with Crippen molar-refractivity contribution in [3.8, 4) is 5.69 Å². The Balaban J connectivity index is 1.31. The maximum Gasteiger partial charge on any atom is 0.239 e. The number of hydrogen-bond donors (Lipinski definition) is 0. The second kappa shape index (κ2) is 9.29. The SMILES string of the molecule is O=C1Cc2nnc(CN3CCC(c4ccccc4)CC3)n2-c2ccc(Cl)cc2N1c1ccccc1. The van der Waals surface area contributed by atoms with Crippen LogP contribution in [0.25, 0.3) is 5.69 Å². The van der Waals surface area contributed by atoms with E-state index in [-0.39, 0.29) is 12.3 Å². The number of aromatic nitrogens is 3. The molecule has 1 aromatic heterocycles. The Morgan fingerprint density at radius 2 is 1.57 bits per heavy atom. The highest BCUT2D eigenvalue weighted by Gasteiger charge is 2.31. The van der Waals surface area contributed by atoms with Gasteiger partial charge in [0.15, 0.2) is 5.82 Å². The van der Waals surface area contributed by atoms with Gasteiger partial charge in [-0.2, -0.15) is 0 Å². The summed E-state index contributed by atoms with van der Waals surface area (Å²) in [5, 5.41) is 9.56. The molecule has 1 fully saturated rings. The smallest absolute Gasteiger partial charge is 0.239 e. The number of halogens is 1. The number of fused-ring (bicyclic) bond motifs is 3. The molecule has 0 aliphatic carbocycles. The summed E-state index contributed by atoms with van der Waals surface area (Å²) in [6, 6.07) is 26.1. The van der Waals surface area contributed by atoms with Crippen molar-refractivity contribution in [3.63, 3.8) is 0 Å². The number of amides is 1. The molecule has 0 N–H and O–H groups in total. The van der Waals surface area contributed by atoms with Gasteiger partial charge in [0.05, 0.1) is 24.3 Å². The summed E-state index contributed by atoms with van der Waals surface area (Å²) < 4.78 is 2.05. The Morgan fingerprint density at radius 3 is 2.31 bits per heavy atom. The van der Waals surface area contributed by atoms with E-state index >= 15 is 0 Å². The van der Waals surface area contributed by atoms with E-state index in [1.165, 1.54) is 5.56 Å². The number of piperidine rings is 1. The molecule has 0 bridgehead atoms. The molecule has 7 heteroatoms. The number of nitrogens with zero attached hydrogens (tertiary/aromatic N) is 5. The van der Waals surface area contributed by atoms with Crippen LogP contribution in [-0.2, 0) is 17.8 Å². The zero-order chi connectivity index (χ0) is 23.8. The number of carbonyl (C=O) groups is 1. The van der Waals surface area contributed by atoms with Crippen molar-refractivity contribution in [1.29, 1.82) is 0 Å². The van der Waals surface area contributed by atoms with E-state index in [1.54, 1.807) is 4.90 Å². The van der Waals surface area contributed by atoms with Crippen molar-refractivity contribution in [1.82, 2.24) is 19.7 Å². The van der Waals surface area contributed by atoms with Gasteiger partial charge in [-0.05, 0) is 67.7 Å². The Hall–Kier alpha value is -3.48. The van der Waals surface area contributed by atoms with Crippen LogP contribution in [-0.4, -0.2) is 38.7 Å². The molecule has 6 nitrogen and oxygen atoms in total. The zero-order valence-corrected chi connectivity index (χ0v) is 20.1. The van der Waals surface area contributed by atoms with Gasteiger partial charge in [0.1, 0.15) is 5.82 Å². The number of para-hydroxylation sites is 1. The van der Waals surface area contributed by atoms with E-state index in [0.29, 0.717) is 23.3 Å². The summed E-state index contributed by atoms with van der Waals surface area (Å²) in [7, 11) is 0. The lowest BCUT2D eigenvalue weighted by Crippen LogP contribution is -2.33. The summed E-state index contributed by atoms with van der Waals surface area (Å²) in [4.78, 5) is 17.6. The molecule has 6 rings (SSSR count). The van der Waals surface area contributed by atoms with Crippen molar-refractivity contribution >= 4 is 28.9 Å². The van der Waals surface area contributed by atoms with Crippen LogP contribution in [0.3, 0.4) is 0 Å². The van der Waals surface area contributed by atoms with Crippen LogP contribution in [0.15, 0.2) is 78.9 Å². The highest BCUT2D eigenvalue weighted by atomic mass is 35.5. The first-order chi connectivity index (χ1) is 17.2. The van der Waals surface area contributed by atoms with E-state index < -0.39 is 0 Å². The molecule has 0 atom stereocenters. The third-order valence-corrected chi connectivity index (χ3v) is 7.25. The molecule has 0 unspecified atom stereocenters. The van der Waals surface area contributed by atoms with E-state index in [4.69, 9.17) is 11.6 Å². The number of hydrogen-bond acceptors (Lipinski definition) is 4. The van der Waals surface area contributed by atoms with Gasteiger partial charge in [0.25, 0.3) is 0 Å². The first-order valence-corrected chi connectivity index (χ1v) is 12.4. The fourth-order valence-corrected chi connectivity index (χ4v) is 5.44. The van der Waals surface area contributed by atoms with Crippen LogP contribution in [0, 0.1) is 0 Å². The quantitative estimate of drug-likeness (QED) is 0.383. The lowest BCUT2D eigenvalue weighted by molar-refractivity contribution is -0.117. The summed E-state index contributed by atoms with van der Waals surface area (Å²) in [6.45, 7) is 2.70. The van der Waals surface area contributed by atoms with Crippen molar-refractivity contribution in [2.45, 2.75) is 31.7 Å². The van der Waals surface area contributed by atoms with Gasteiger partial charge in [-0.3, -0.25) is 19.2 Å². The third-order valence-electron chi connectivity index (χ3n) is 7.01. The summed E-state index contributed by atoms with van der Waals surface area (Å²) in [5.41, 5.74) is 3.85. The van der Waals surface area contributed by atoms with E-state index in [0.717, 1.165) is 48.8 Å². The molecule has 176 valence electrons. The number of likely N-dealkylation sites (tertiary alicyclic amines) is 1. The molecule has 3 heterocycles. The first-order valence-electron chi connectivity index (χ1n) is 12.1. The van der Waals surface area contributed by atoms with Crippen LogP contribution in [0.2, 0.25) is 5.02 Å². The second-order valence-corrected chi connectivity index (χ2v) is 9.64. The summed E-state index contributed by atoms with van der Waals surface area (Å²) >= 11 is 6.40. The Labute approximate surface area is 209 Å². The monoisotopic (exact) mass is 483 g/mol. The summed E-state index contributed by atoms with van der Waals surface area (Å²) in [5.74, 6) is 2.06. The average Bonchev–Trinajstić information content (AvgIpc) is 3.22. The van der Waals surface area contributed by atoms with Crippen molar-refractivity contribution in [2.24, 2.45) is 0 Å². The maximum atomic E-state index is 13.4. The molecule has 3 aromatic carbocycles. The van der Waals surface area contributed by atoms with Crippen LogP contribution in [0.1, 0.15) is 36.0 Å². The number of anilines is 2. The van der Waals surface area contributed by atoms with Gasteiger partial charge in [-0.1, -0.05) is 60.1 Å². The molecule has 2 aliphatic heterocycles. The lowest BCUT2D eigenvalue weighted by Gasteiger charge is -2.32. The normalized spacial score (nSPS) is 16.6. The molecule has 4 aromatic rings. The number of carbonyl (C=O) groups excluding carboxylic acids is 1. The molecule has 0 spiro atoms. The highest BCUT2D eigenvalue weighted by molar-refractivity contribution is 6.31. The number of rotatable bonds is 4. The van der Waals surface area contributed by atoms with E-state index in [2.05, 4.69) is 50.0 Å². The van der Waals surface area contributed by atoms with Gasteiger partial charge in [-0.15, -0.1) is 10.2 Å². The Morgan fingerprint density at radius 1 is 0.857 bits per heavy atom. The minimum absolute atomic E-state index is 0.0545. The molecular formula is C28H26ClN5O.